The first-order chi connectivity index (χ1) is 5.11. The lowest BCUT2D eigenvalue weighted by molar-refractivity contribution is -0.124. The predicted molar refractivity (Wildman–Crippen MR) is 46.3 cm³/mol. The topological polar surface area (TPSA) is 29.1 Å². The van der Waals surface area contributed by atoms with Gasteiger partial charge in [0.05, 0.1) is 6.04 Å². The SMILES string of the molecule is C#CC(C)NC(=O)C(C)CCl. The second-order valence-electron chi connectivity index (χ2n) is 2.45. The van der Waals surface area contributed by atoms with Crippen molar-refractivity contribution < 1.29 is 4.79 Å². The minimum absolute atomic E-state index is 0.0922. The standard InChI is InChI=1S/C8H12ClNO/c1-4-7(3)10-8(11)6(2)5-9/h1,6-7H,5H2,2-3H3,(H,10,11). The van der Waals surface area contributed by atoms with Gasteiger partial charge in [-0.05, 0) is 6.92 Å². The minimum atomic E-state index is -0.215. The fourth-order valence-corrected chi connectivity index (χ4v) is 0.608. The Balaban J connectivity index is 3.80. The number of hydrogen-bond donors (Lipinski definition) is 1. The lowest BCUT2D eigenvalue weighted by atomic mass is 10.2. The van der Waals surface area contributed by atoms with Gasteiger partial charge < -0.3 is 5.32 Å². The second-order valence-corrected chi connectivity index (χ2v) is 2.76. The quantitative estimate of drug-likeness (QED) is 0.501. The molecule has 0 spiro atoms. The van der Waals surface area contributed by atoms with E-state index in [1.165, 1.54) is 0 Å². The van der Waals surface area contributed by atoms with Crippen LogP contribution in [0, 0.1) is 18.3 Å². The molecule has 0 aromatic carbocycles. The first kappa shape index (κ1) is 10.3. The molecule has 3 heteroatoms. The highest BCUT2D eigenvalue weighted by Crippen LogP contribution is 1.97. The van der Waals surface area contributed by atoms with Gasteiger partial charge >= 0.3 is 0 Å². The number of halogens is 1. The molecule has 2 nitrogen and oxygen atoms in total. The molecule has 0 aromatic heterocycles. The largest absolute Gasteiger partial charge is 0.342 e. The van der Waals surface area contributed by atoms with Crippen molar-refractivity contribution in [3.8, 4) is 12.3 Å². The summed E-state index contributed by atoms with van der Waals surface area (Å²) >= 11 is 5.46. The lowest BCUT2D eigenvalue weighted by Crippen LogP contribution is -2.35. The molecule has 11 heavy (non-hydrogen) atoms. The molecule has 0 aliphatic carbocycles. The Hall–Kier alpha value is -0.680. The van der Waals surface area contributed by atoms with Gasteiger partial charge in [0.2, 0.25) is 5.91 Å². The van der Waals surface area contributed by atoms with Crippen molar-refractivity contribution in [3.05, 3.63) is 0 Å². The molecule has 0 saturated carbocycles. The summed E-state index contributed by atoms with van der Waals surface area (Å²) in [6, 6.07) is -0.215. The highest BCUT2D eigenvalue weighted by molar-refractivity contribution is 6.19. The molecule has 0 saturated heterocycles. The number of amides is 1. The highest BCUT2D eigenvalue weighted by atomic mass is 35.5. The van der Waals surface area contributed by atoms with Crippen LogP contribution in [-0.2, 0) is 4.79 Å². The first-order valence-corrected chi connectivity index (χ1v) is 3.97. The summed E-state index contributed by atoms with van der Waals surface area (Å²) in [7, 11) is 0. The van der Waals surface area contributed by atoms with E-state index in [0.29, 0.717) is 5.88 Å². The molecule has 0 aliphatic rings. The van der Waals surface area contributed by atoms with Crippen molar-refractivity contribution in [3.63, 3.8) is 0 Å². The van der Waals surface area contributed by atoms with Crippen LogP contribution in [-0.4, -0.2) is 17.8 Å². The number of hydrogen-bond acceptors (Lipinski definition) is 1. The summed E-state index contributed by atoms with van der Waals surface area (Å²) in [6.45, 7) is 3.50. The normalized spacial score (nSPS) is 14.7. The van der Waals surface area contributed by atoms with Crippen LogP contribution in [0.15, 0.2) is 0 Å². The van der Waals surface area contributed by atoms with Crippen LogP contribution in [0.3, 0.4) is 0 Å². The summed E-state index contributed by atoms with van der Waals surface area (Å²) in [4.78, 5) is 11.1. The average Bonchev–Trinajstić information content (AvgIpc) is 2.02. The van der Waals surface area contributed by atoms with E-state index in [4.69, 9.17) is 18.0 Å². The summed E-state index contributed by atoms with van der Waals surface area (Å²) in [5.74, 6) is 2.46. The van der Waals surface area contributed by atoms with Crippen LogP contribution in [0.1, 0.15) is 13.8 Å². The number of rotatable bonds is 3. The van der Waals surface area contributed by atoms with Crippen LogP contribution in [0.4, 0.5) is 0 Å². The van der Waals surface area contributed by atoms with E-state index >= 15 is 0 Å². The molecule has 0 heterocycles. The fourth-order valence-electron chi connectivity index (χ4n) is 0.467. The monoisotopic (exact) mass is 173 g/mol. The maximum absolute atomic E-state index is 11.1. The van der Waals surface area contributed by atoms with Crippen LogP contribution >= 0.6 is 11.6 Å². The number of carbonyl (C=O) groups is 1. The van der Waals surface area contributed by atoms with Crippen LogP contribution < -0.4 is 5.32 Å². The van der Waals surface area contributed by atoms with Crippen molar-refractivity contribution in [1.82, 2.24) is 5.32 Å². The van der Waals surface area contributed by atoms with E-state index in [-0.39, 0.29) is 17.9 Å². The molecule has 0 fully saturated rings. The van der Waals surface area contributed by atoms with E-state index in [1.807, 2.05) is 0 Å². The van der Waals surface area contributed by atoms with Crippen molar-refractivity contribution in [2.24, 2.45) is 5.92 Å². The van der Waals surface area contributed by atoms with Gasteiger partial charge in [-0.15, -0.1) is 18.0 Å². The molecule has 0 aliphatic heterocycles. The maximum atomic E-state index is 11.1. The molecule has 1 N–H and O–H groups in total. The predicted octanol–water partition coefficient (Wildman–Crippen LogP) is 0.999. The van der Waals surface area contributed by atoms with Gasteiger partial charge in [0.1, 0.15) is 0 Å². The van der Waals surface area contributed by atoms with Gasteiger partial charge in [-0.1, -0.05) is 12.8 Å². The zero-order valence-electron chi connectivity index (χ0n) is 6.73. The molecule has 2 atom stereocenters. The summed E-state index contributed by atoms with van der Waals surface area (Å²) in [5, 5.41) is 2.62. The Morgan fingerprint density at radius 3 is 2.64 bits per heavy atom. The van der Waals surface area contributed by atoms with E-state index in [0.717, 1.165) is 0 Å². The summed E-state index contributed by atoms with van der Waals surface area (Å²) in [6.07, 6.45) is 5.06. The smallest absolute Gasteiger partial charge is 0.224 e. The summed E-state index contributed by atoms with van der Waals surface area (Å²) in [5.41, 5.74) is 0. The molecule has 0 bridgehead atoms. The summed E-state index contributed by atoms with van der Waals surface area (Å²) < 4.78 is 0. The molecular weight excluding hydrogens is 162 g/mol. The zero-order valence-corrected chi connectivity index (χ0v) is 7.48. The van der Waals surface area contributed by atoms with E-state index in [1.54, 1.807) is 13.8 Å². The molecule has 0 radical (unpaired) electrons. The number of carbonyl (C=O) groups excluding carboxylic acids is 1. The third-order valence-electron chi connectivity index (χ3n) is 1.29. The number of nitrogens with one attached hydrogen (secondary N) is 1. The number of terminal acetylenes is 1. The van der Waals surface area contributed by atoms with E-state index in [9.17, 15) is 4.79 Å². The fraction of sp³-hybridized carbons (Fsp3) is 0.625. The molecule has 62 valence electrons. The van der Waals surface area contributed by atoms with Gasteiger partial charge in [-0.2, -0.15) is 0 Å². The number of alkyl halides is 1. The third-order valence-corrected chi connectivity index (χ3v) is 1.75. The molecule has 1 amide bonds. The molecule has 0 rings (SSSR count). The highest BCUT2D eigenvalue weighted by Gasteiger charge is 2.12. The Morgan fingerprint density at radius 1 is 1.73 bits per heavy atom. The van der Waals surface area contributed by atoms with Gasteiger partial charge in [-0.25, -0.2) is 0 Å². The van der Waals surface area contributed by atoms with E-state index < -0.39 is 0 Å². The Labute approximate surface area is 72.3 Å². The second kappa shape index (κ2) is 5.03. The zero-order chi connectivity index (χ0) is 8.85. The molecular formula is C8H12ClNO. The van der Waals surface area contributed by atoms with Crippen LogP contribution in [0.25, 0.3) is 0 Å². The van der Waals surface area contributed by atoms with Crippen molar-refractivity contribution in [1.29, 1.82) is 0 Å². The van der Waals surface area contributed by atoms with Crippen LogP contribution in [0.2, 0.25) is 0 Å². The van der Waals surface area contributed by atoms with Crippen molar-refractivity contribution in [2.45, 2.75) is 19.9 Å². The minimum Gasteiger partial charge on any atom is -0.342 e. The van der Waals surface area contributed by atoms with Gasteiger partial charge in [0.25, 0.3) is 0 Å². The van der Waals surface area contributed by atoms with Gasteiger partial charge in [0.15, 0.2) is 0 Å². The Morgan fingerprint density at radius 2 is 2.27 bits per heavy atom. The Kier molecular flexibility index (Phi) is 4.72. The third kappa shape index (κ3) is 3.90. The lowest BCUT2D eigenvalue weighted by Gasteiger charge is -2.10. The average molecular weight is 174 g/mol. The Bertz CT molecular complexity index is 173. The van der Waals surface area contributed by atoms with Gasteiger partial charge in [0, 0.05) is 11.8 Å². The van der Waals surface area contributed by atoms with Crippen molar-refractivity contribution >= 4 is 17.5 Å². The maximum Gasteiger partial charge on any atom is 0.224 e. The first-order valence-electron chi connectivity index (χ1n) is 3.44. The molecule has 2 unspecified atom stereocenters. The van der Waals surface area contributed by atoms with E-state index in [2.05, 4.69) is 11.2 Å². The molecule has 0 aromatic rings. The van der Waals surface area contributed by atoms with Crippen molar-refractivity contribution in [2.75, 3.05) is 5.88 Å². The van der Waals surface area contributed by atoms with Crippen LogP contribution in [0.5, 0.6) is 0 Å². The van der Waals surface area contributed by atoms with Gasteiger partial charge in [-0.3, -0.25) is 4.79 Å².